The van der Waals surface area contributed by atoms with Crippen LogP contribution in [0.25, 0.3) is 49.7 Å². The molecule has 0 spiro atoms. The van der Waals surface area contributed by atoms with Crippen molar-refractivity contribution in [1.82, 2.24) is 4.57 Å². The molecule has 0 fully saturated rings. The predicted molar refractivity (Wildman–Crippen MR) is 144 cm³/mol. The predicted octanol–water partition coefficient (Wildman–Crippen LogP) is 8.64. The van der Waals surface area contributed by atoms with Crippen LogP contribution in [0.2, 0.25) is 0 Å². The topological polar surface area (TPSA) is 4.93 Å². The molecule has 0 N–H and O–H groups in total. The maximum Gasteiger partial charge on any atom is 0.0544 e. The molecular weight excluding hydrogens is 410 g/mol. The molecule has 0 aliphatic heterocycles. The Bertz CT molecular complexity index is 1730. The number of nitrogens with zero attached hydrogens (tertiary/aromatic N) is 1. The highest BCUT2D eigenvalue weighted by molar-refractivity contribution is 6.11. The van der Waals surface area contributed by atoms with Crippen LogP contribution in [0.5, 0.6) is 0 Å². The Kier molecular flexibility index (Phi) is 4.10. The molecule has 7 rings (SSSR count). The van der Waals surface area contributed by atoms with Crippen LogP contribution >= 0.6 is 0 Å². The second-order valence-electron chi connectivity index (χ2n) is 9.53. The summed E-state index contributed by atoms with van der Waals surface area (Å²) in [6.45, 7) is 4.45. The van der Waals surface area contributed by atoms with E-state index in [2.05, 4.69) is 122 Å². The fourth-order valence-electron chi connectivity index (χ4n) is 5.85. The van der Waals surface area contributed by atoms with Crippen LogP contribution < -0.4 is 0 Å². The van der Waals surface area contributed by atoms with Gasteiger partial charge in [-0.1, -0.05) is 66.7 Å². The number of para-hydroxylation sites is 2. The van der Waals surface area contributed by atoms with Crippen molar-refractivity contribution in [3.8, 4) is 27.9 Å². The second-order valence-corrected chi connectivity index (χ2v) is 9.53. The molecule has 1 aliphatic rings. The summed E-state index contributed by atoms with van der Waals surface area (Å²) >= 11 is 0. The largest absolute Gasteiger partial charge is 0.309 e. The monoisotopic (exact) mass is 435 g/mol. The van der Waals surface area contributed by atoms with E-state index in [4.69, 9.17) is 0 Å². The number of hydrogen-bond acceptors (Lipinski definition) is 0. The summed E-state index contributed by atoms with van der Waals surface area (Å²) in [7, 11) is 0. The normalized spacial score (nSPS) is 12.3. The zero-order valence-electron chi connectivity index (χ0n) is 19.5. The maximum absolute atomic E-state index is 2.44. The Hall–Kier alpha value is -4.10. The molecule has 1 nitrogen and oxygen atoms in total. The van der Waals surface area contributed by atoms with E-state index >= 15 is 0 Å². The number of hydrogen-bond donors (Lipinski definition) is 0. The van der Waals surface area contributed by atoms with E-state index in [0.29, 0.717) is 0 Å². The van der Waals surface area contributed by atoms with Gasteiger partial charge in [0.1, 0.15) is 0 Å². The minimum absolute atomic E-state index is 0.992. The Balaban J connectivity index is 1.50. The van der Waals surface area contributed by atoms with Crippen molar-refractivity contribution in [2.24, 2.45) is 0 Å². The van der Waals surface area contributed by atoms with E-state index in [9.17, 15) is 0 Å². The van der Waals surface area contributed by atoms with Crippen LogP contribution in [0.3, 0.4) is 0 Å². The van der Waals surface area contributed by atoms with Crippen molar-refractivity contribution in [3.63, 3.8) is 0 Å². The highest BCUT2D eigenvalue weighted by Crippen LogP contribution is 2.44. The van der Waals surface area contributed by atoms with Gasteiger partial charge in [-0.05, 0) is 101 Å². The molecular formula is C33H25N. The second kappa shape index (κ2) is 7.20. The molecule has 0 unspecified atom stereocenters. The lowest BCUT2D eigenvalue weighted by Crippen LogP contribution is -1.93. The standard InChI is InChI=1S/C33H25N/c1-21-10-6-7-13-26(21)28-19-29-23(16-22(28)2)17-24-18-33-31(20-30(24)29)27-14-8-9-15-32(27)34(33)25-11-4-3-5-12-25/h3-16,18-20H,17H2,1-2H3. The molecule has 0 saturated heterocycles. The molecule has 1 heterocycles. The average Bonchev–Trinajstić information content (AvgIpc) is 3.37. The Labute approximate surface area is 199 Å². The van der Waals surface area contributed by atoms with Gasteiger partial charge in [-0.2, -0.15) is 0 Å². The Morgan fingerprint density at radius 1 is 0.500 bits per heavy atom. The third-order valence-corrected chi connectivity index (χ3v) is 7.47. The Morgan fingerprint density at radius 3 is 2.06 bits per heavy atom. The minimum Gasteiger partial charge on any atom is -0.309 e. The van der Waals surface area contributed by atoms with Gasteiger partial charge in [-0.25, -0.2) is 0 Å². The first kappa shape index (κ1) is 19.4. The molecule has 1 aromatic heterocycles. The number of benzene rings is 5. The minimum atomic E-state index is 0.992. The van der Waals surface area contributed by atoms with Crippen LogP contribution in [0.4, 0.5) is 0 Å². The lowest BCUT2D eigenvalue weighted by atomic mass is 9.92. The molecule has 34 heavy (non-hydrogen) atoms. The number of aryl methyl sites for hydroxylation is 2. The van der Waals surface area contributed by atoms with Crippen molar-refractivity contribution in [1.29, 1.82) is 0 Å². The smallest absolute Gasteiger partial charge is 0.0544 e. The van der Waals surface area contributed by atoms with Gasteiger partial charge in [0.05, 0.1) is 11.0 Å². The molecule has 1 heteroatoms. The van der Waals surface area contributed by atoms with Crippen molar-refractivity contribution in [2.75, 3.05) is 0 Å². The van der Waals surface area contributed by atoms with Crippen molar-refractivity contribution >= 4 is 21.8 Å². The summed E-state index contributed by atoms with van der Waals surface area (Å²) in [6, 6.07) is 37.9. The summed E-state index contributed by atoms with van der Waals surface area (Å²) in [6.07, 6.45) is 0.992. The summed E-state index contributed by atoms with van der Waals surface area (Å²) < 4.78 is 2.41. The van der Waals surface area contributed by atoms with Gasteiger partial charge in [0.15, 0.2) is 0 Å². The zero-order valence-corrected chi connectivity index (χ0v) is 19.5. The average molecular weight is 436 g/mol. The molecule has 0 amide bonds. The van der Waals surface area contributed by atoms with E-state index in [-0.39, 0.29) is 0 Å². The first-order chi connectivity index (χ1) is 16.7. The number of aromatic nitrogens is 1. The molecule has 0 bridgehead atoms. The molecule has 0 saturated carbocycles. The number of rotatable bonds is 2. The van der Waals surface area contributed by atoms with Crippen molar-refractivity contribution < 1.29 is 0 Å². The van der Waals surface area contributed by atoms with E-state index in [1.54, 1.807) is 0 Å². The van der Waals surface area contributed by atoms with Gasteiger partial charge in [0.25, 0.3) is 0 Å². The van der Waals surface area contributed by atoms with Gasteiger partial charge < -0.3 is 4.57 Å². The molecule has 0 radical (unpaired) electrons. The molecule has 162 valence electrons. The van der Waals surface area contributed by atoms with Crippen molar-refractivity contribution in [2.45, 2.75) is 20.3 Å². The summed E-state index contributed by atoms with van der Waals surface area (Å²) in [5, 5.41) is 2.63. The SMILES string of the molecule is Cc1ccccc1-c1cc2c(cc1C)Cc1cc3c(cc1-2)c1ccccc1n3-c1ccccc1. The van der Waals surface area contributed by atoms with E-state index in [0.717, 1.165) is 6.42 Å². The Morgan fingerprint density at radius 2 is 1.21 bits per heavy atom. The van der Waals surface area contributed by atoms with E-state index in [1.165, 1.54) is 72.0 Å². The third kappa shape index (κ3) is 2.74. The highest BCUT2D eigenvalue weighted by Gasteiger charge is 2.23. The molecule has 0 atom stereocenters. The van der Waals surface area contributed by atoms with E-state index in [1.807, 2.05) is 0 Å². The van der Waals surface area contributed by atoms with Crippen LogP contribution in [0, 0.1) is 13.8 Å². The summed E-state index contributed by atoms with van der Waals surface area (Å²) in [5.41, 5.74) is 14.7. The molecule has 6 aromatic rings. The van der Waals surface area contributed by atoms with Crippen LogP contribution in [-0.2, 0) is 6.42 Å². The first-order valence-electron chi connectivity index (χ1n) is 12.0. The van der Waals surface area contributed by atoms with Crippen molar-refractivity contribution in [3.05, 3.63) is 125 Å². The lowest BCUT2D eigenvalue weighted by molar-refractivity contribution is 1.17. The van der Waals surface area contributed by atoms with Crippen LogP contribution in [0.1, 0.15) is 22.3 Å². The fraction of sp³-hybridized carbons (Fsp3) is 0.0909. The quantitative estimate of drug-likeness (QED) is 0.256. The summed E-state index contributed by atoms with van der Waals surface area (Å²) in [4.78, 5) is 0. The lowest BCUT2D eigenvalue weighted by Gasteiger charge is -2.13. The molecule has 1 aliphatic carbocycles. The van der Waals surface area contributed by atoms with Gasteiger partial charge in [-0.15, -0.1) is 0 Å². The number of fused-ring (bicyclic) bond motifs is 6. The zero-order chi connectivity index (χ0) is 22.8. The van der Waals surface area contributed by atoms with Gasteiger partial charge in [0, 0.05) is 16.5 Å². The fourth-order valence-corrected chi connectivity index (χ4v) is 5.85. The third-order valence-electron chi connectivity index (χ3n) is 7.47. The highest BCUT2D eigenvalue weighted by atomic mass is 15.0. The maximum atomic E-state index is 2.44. The summed E-state index contributed by atoms with van der Waals surface area (Å²) in [5.74, 6) is 0. The van der Waals surface area contributed by atoms with Crippen LogP contribution in [0.15, 0.2) is 103 Å². The van der Waals surface area contributed by atoms with Gasteiger partial charge in [-0.3, -0.25) is 0 Å². The first-order valence-corrected chi connectivity index (χ1v) is 12.0. The van der Waals surface area contributed by atoms with Crippen LogP contribution in [-0.4, -0.2) is 4.57 Å². The van der Waals surface area contributed by atoms with E-state index < -0.39 is 0 Å². The molecule has 5 aromatic carbocycles. The van der Waals surface area contributed by atoms with Gasteiger partial charge >= 0.3 is 0 Å². The van der Waals surface area contributed by atoms with Gasteiger partial charge in [0.2, 0.25) is 0 Å².